The quantitative estimate of drug-likeness (QED) is 0.778. The first-order valence-electron chi connectivity index (χ1n) is 5.75. The SMILES string of the molecule is CC1CC(C)N(C(=O)c2ccc(F)c(Br)c2)C1. The normalized spacial score (nSPS) is 24.1. The topological polar surface area (TPSA) is 20.3 Å². The molecule has 2 atom stereocenters. The Morgan fingerprint density at radius 2 is 2.18 bits per heavy atom. The van der Waals surface area contributed by atoms with E-state index in [9.17, 15) is 9.18 Å². The van der Waals surface area contributed by atoms with Gasteiger partial charge in [0.15, 0.2) is 0 Å². The van der Waals surface area contributed by atoms with E-state index in [2.05, 4.69) is 29.8 Å². The second-order valence-electron chi connectivity index (χ2n) is 4.78. The van der Waals surface area contributed by atoms with Crippen LogP contribution in [0.1, 0.15) is 30.6 Å². The fourth-order valence-corrected chi connectivity index (χ4v) is 2.76. The molecule has 1 aromatic carbocycles. The molecule has 1 aliphatic heterocycles. The van der Waals surface area contributed by atoms with E-state index >= 15 is 0 Å². The molecule has 0 saturated carbocycles. The van der Waals surface area contributed by atoms with Crippen LogP contribution in [0.25, 0.3) is 0 Å². The van der Waals surface area contributed by atoms with Crippen LogP contribution in [0.2, 0.25) is 0 Å². The van der Waals surface area contributed by atoms with Crippen molar-refractivity contribution in [3.63, 3.8) is 0 Å². The molecule has 17 heavy (non-hydrogen) atoms. The molecule has 1 heterocycles. The Labute approximate surface area is 109 Å². The van der Waals surface area contributed by atoms with Gasteiger partial charge >= 0.3 is 0 Å². The summed E-state index contributed by atoms with van der Waals surface area (Å²) in [7, 11) is 0. The summed E-state index contributed by atoms with van der Waals surface area (Å²) >= 11 is 3.10. The lowest BCUT2D eigenvalue weighted by Crippen LogP contribution is -2.33. The molecule has 0 N–H and O–H groups in total. The number of rotatable bonds is 1. The average Bonchev–Trinajstić information content (AvgIpc) is 2.61. The molecule has 4 heteroatoms. The number of benzene rings is 1. The van der Waals surface area contributed by atoms with Gasteiger partial charge in [-0.2, -0.15) is 0 Å². The molecule has 1 saturated heterocycles. The van der Waals surface area contributed by atoms with Crippen LogP contribution in [-0.4, -0.2) is 23.4 Å². The summed E-state index contributed by atoms with van der Waals surface area (Å²) in [6.07, 6.45) is 1.04. The van der Waals surface area contributed by atoms with Gasteiger partial charge in [-0.25, -0.2) is 4.39 Å². The van der Waals surface area contributed by atoms with Crippen LogP contribution >= 0.6 is 15.9 Å². The van der Waals surface area contributed by atoms with Gasteiger partial charge in [-0.1, -0.05) is 6.92 Å². The predicted octanol–water partition coefficient (Wildman–Crippen LogP) is 3.46. The third-order valence-corrected chi connectivity index (χ3v) is 3.82. The van der Waals surface area contributed by atoms with E-state index in [0.29, 0.717) is 16.0 Å². The molecule has 92 valence electrons. The first kappa shape index (κ1) is 12.6. The number of halogens is 2. The van der Waals surface area contributed by atoms with Crippen LogP contribution in [0, 0.1) is 11.7 Å². The van der Waals surface area contributed by atoms with Gasteiger partial charge in [0.2, 0.25) is 0 Å². The molecule has 1 aliphatic rings. The van der Waals surface area contributed by atoms with Crippen LogP contribution < -0.4 is 0 Å². The predicted molar refractivity (Wildman–Crippen MR) is 68.4 cm³/mol. The standard InChI is InChI=1S/C13H15BrFNO/c1-8-5-9(2)16(7-8)13(17)10-3-4-12(15)11(14)6-10/h3-4,6,8-9H,5,7H2,1-2H3. The van der Waals surface area contributed by atoms with Crippen LogP contribution in [0.4, 0.5) is 4.39 Å². The lowest BCUT2D eigenvalue weighted by atomic mass is 10.1. The molecule has 0 aromatic heterocycles. The van der Waals surface area contributed by atoms with Gasteiger partial charge in [0, 0.05) is 18.2 Å². The molecule has 0 aliphatic carbocycles. The minimum Gasteiger partial charge on any atom is -0.336 e. The highest BCUT2D eigenvalue weighted by Crippen LogP contribution is 2.25. The number of carbonyl (C=O) groups excluding carboxylic acids is 1. The van der Waals surface area contributed by atoms with Crippen molar-refractivity contribution in [2.24, 2.45) is 5.92 Å². The van der Waals surface area contributed by atoms with Crippen molar-refractivity contribution in [3.8, 4) is 0 Å². The summed E-state index contributed by atoms with van der Waals surface area (Å²) in [5, 5.41) is 0. The number of nitrogens with zero attached hydrogens (tertiary/aromatic N) is 1. The molecule has 1 amide bonds. The molecule has 2 rings (SSSR count). The van der Waals surface area contributed by atoms with E-state index in [0.717, 1.165) is 13.0 Å². The number of amides is 1. The third kappa shape index (κ3) is 2.51. The van der Waals surface area contributed by atoms with E-state index in [1.807, 2.05) is 4.90 Å². The Bertz CT molecular complexity index is 449. The molecular formula is C13H15BrFNO. The maximum atomic E-state index is 13.1. The second-order valence-corrected chi connectivity index (χ2v) is 5.63. The summed E-state index contributed by atoms with van der Waals surface area (Å²) in [6.45, 7) is 4.99. The zero-order valence-corrected chi connectivity index (χ0v) is 11.5. The Hall–Kier alpha value is -0.900. The molecular weight excluding hydrogens is 285 g/mol. The fourth-order valence-electron chi connectivity index (χ4n) is 2.38. The number of likely N-dealkylation sites (tertiary alicyclic amines) is 1. The number of hydrogen-bond acceptors (Lipinski definition) is 1. The lowest BCUT2D eigenvalue weighted by molar-refractivity contribution is 0.0743. The highest BCUT2D eigenvalue weighted by Gasteiger charge is 2.30. The van der Waals surface area contributed by atoms with E-state index in [4.69, 9.17) is 0 Å². The van der Waals surface area contributed by atoms with Gasteiger partial charge in [-0.05, 0) is 53.4 Å². The van der Waals surface area contributed by atoms with Gasteiger partial charge in [-0.15, -0.1) is 0 Å². The Balaban J connectivity index is 2.22. The molecule has 1 fully saturated rings. The van der Waals surface area contributed by atoms with Crippen molar-refractivity contribution in [2.45, 2.75) is 26.3 Å². The summed E-state index contributed by atoms with van der Waals surface area (Å²) in [4.78, 5) is 14.1. The van der Waals surface area contributed by atoms with Crippen molar-refractivity contribution in [1.29, 1.82) is 0 Å². The largest absolute Gasteiger partial charge is 0.336 e. The summed E-state index contributed by atoms with van der Waals surface area (Å²) < 4.78 is 13.4. The van der Waals surface area contributed by atoms with Crippen LogP contribution in [0.15, 0.2) is 22.7 Å². The minimum absolute atomic E-state index is 0.0115. The van der Waals surface area contributed by atoms with Crippen LogP contribution in [0.5, 0.6) is 0 Å². The average molecular weight is 300 g/mol. The van der Waals surface area contributed by atoms with Crippen molar-refractivity contribution in [1.82, 2.24) is 4.90 Å². The van der Waals surface area contributed by atoms with Gasteiger partial charge < -0.3 is 4.90 Å². The first-order chi connectivity index (χ1) is 7.99. The summed E-state index contributed by atoms with van der Waals surface area (Å²) in [6, 6.07) is 4.67. The van der Waals surface area contributed by atoms with E-state index < -0.39 is 0 Å². The van der Waals surface area contributed by atoms with Crippen LogP contribution in [-0.2, 0) is 0 Å². The zero-order valence-electron chi connectivity index (χ0n) is 9.91. The molecule has 0 bridgehead atoms. The van der Waals surface area contributed by atoms with Gasteiger partial charge in [-0.3, -0.25) is 4.79 Å². The first-order valence-corrected chi connectivity index (χ1v) is 6.54. The maximum absolute atomic E-state index is 13.1. The van der Waals surface area contributed by atoms with Crippen molar-refractivity contribution in [3.05, 3.63) is 34.1 Å². The molecule has 0 radical (unpaired) electrons. The van der Waals surface area contributed by atoms with Crippen molar-refractivity contribution >= 4 is 21.8 Å². The van der Waals surface area contributed by atoms with Gasteiger partial charge in [0.05, 0.1) is 4.47 Å². The van der Waals surface area contributed by atoms with Gasteiger partial charge in [0.25, 0.3) is 5.91 Å². The number of carbonyl (C=O) groups is 1. The van der Waals surface area contributed by atoms with E-state index in [-0.39, 0.29) is 17.8 Å². The second kappa shape index (κ2) is 4.77. The smallest absolute Gasteiger partial charge is 0.254 e. The zero-order chi connectivity index (χ0) is 12.6. The fraction of sp³-hybridized carbons (Fsp3) is 0.462. The Morgan fingerprint density at radius 1 is 1.47 bits per heavy atom. The van der Waals surface area contributed by atoms with Crippen LogP contribution in [0.3, 0.4) is 0 Å². The maximum Gasteiger partial charge on any atom is 0.254 e. The highest BCUT2D eigenvalue weighted by molar-refractivity contribution is 9.10. The summed E-state index contributed by atoms with van der Waals surface area (Å²) in [5.74, 6) is 0.185. The molecule has 2 unspecified atom stereocenters. The van der Waals surface area contributed by atoms with E-state index in [1.165, 1.54) is 12.1 Å². The van der Waals surface area contributed by atoms with Crippen molar-refractivity contribution in [2.75, 3.05) is 6.54 Å². The minimum atomic E-state index is -0.343. The molecule has 2 nitrogen and oxygen atoms in total. The molecule has 1 aromatic rings. The molecule has 0 spiro atoms. The summed E-state index contributed by atoms with van der Waals surface area (Å²) in [5.41, 5.74) is 0.541. The van der Waals surface area contributed by atoms with Crippen molar-refractivity contribution < 1.29 is 9.18 Å². The Kier molecular flexibility index (Phi) is 3.52. The number of hydrogen-bond donors (Lipinski definition) is 0. The monoisotopic (exact) mass is 299 g/mol. The van der Waals surface area contributed by atoms with Gasteiger partial charge in [0.1, 0.15) is 5.82 Å². The lowest BCUT2D eigenvalue weighted by Gasteiger charge is -2.21. The van der Waals surface area contributed by atoms with E-state index in [1.54, 1.807) is 6.07 Å². The Morgan fingerprint density at radius 3 is 2.71 bits per heavy atom. The highest BCUT2D eigenvalue weighted by atomic mass is 79.9. The third-order valence-electron chi connectivity index (χ3n) is 3.21.